The zero-order valence-corrected chi connectivity index (χ0v) is 15.3. The lowest BCUT2D eigenvalue weighted by molar-refractivity contribution is -0.113. The molecule has 0 saturated heterocycles. The third-order valence-corrected chi connectivity index (χ3v) is 4.44. The molecule has 0 saturated carbocycles. The molecule has 5 heteroatoms. The topological polar surface area (TPSA) is 57.7 Å². The van der Waals surface area contributed by atoms with Gasteiger partial charge in [0.1, 0.15) is 5.75 Å². The number of carbonyl (C=O) groups is 1. The Morgan fingerprint density at radius 3 is 2.31 bits per heavy atom. The van der Waals surface area contributed by atoms with Crippen molar-refractivity contribution in [2.24, 2.45) is 0 Å². The van der Waals surface area contributed by atoms with Crippen molar-refractivity contribution in [3.63, 3.8) is 0 Å². The molecule has 0 N–H and O–H groups in total. The molecular weight excluding hydrogens is 330 g/mol. The summed E-state index contributed by atoms with van der Waals surface area (Å²) < 4.78 is 16.7. The van der Waals surface area contributed by atoms with Crippen LogP contribution in [-0.2, 0) is 4.79 Å². The summed E-state index contributed by atoms with van der Waals surface area (Å²) in [4.78, 5) is 16.0. The van der Waals surface area contributed by atoms with Gasteiger partial charge < -0.3 is 14.2 Å². The van der Waals surface area contributed by atoms with E-state index in [9.17, 15) is 4.79 Å². The Hall–Kier alpha value is -3.08. The summed E-state index contributed by atoms with van der Waals surface area (Å²) in [5.74, 6) is 1.73. The van der Waals surface area contributed by atoms with E-state index in [1.807, 2.05) is 32.0 Å². The van der Waals surface area contributed by atoms with Crippen LogP contribution in [-0.4, -0.2) is 25.5 Å². The molecule has 26 heavy (non-hydrogen) atoms. The minimum atomic E-state index is -0.701. The van der Waals surface area contributed by atoms with E-state index in [0.717, 1.165) is 22.8 Å². The van der Waals surface area contributed by atoms with Gasteiger partial charge in [0.15, 0.2) is 23.9 Å². The van der Waals surface area contributed by atoms with E-state index in [2.05, 4.69) is 4.98 Å². The lowest BCUT2D eigenvalue weighted by Gasteiger charge is -2.17. The number of hydrogen-bond acceptors (Lipinski definition) is 5. The van der Waals surface area contributed by atoms with Gasteiger partial charge in [-0.1, -0.05) is 18.2 Å². The summed E-state index contributed by atoms with van der Waals surface area (Å²) in [6.45, 7) is 4.05. The van der Waals surface area contributed by atoms with Crippen molar-refractivity contribution in [3.8, 4) is 17.2 Å². The summed E-state index contributed by atoms with van der Waals surface area (Å²) in [7, 11) is 3.15. The Morgan fingerprint density at radius 2 is 1.65 bits per heavy atom. The number of carbonyl (C=O) groups excluding carboxylic acids is 1. The standard InChI is InChI=1S/C21H21NO4/c1-13-5-6-15(9-14(13)2)21(12-23)26-18-7-8-22-17-11-20(25-4)19(24-3)10-16(17)18/h5-12,21H,1-4H3/t21-/m1/s1. The van der Waals surface area contributed by atoms with Gasteiger partial charge in [0.2, 0.25) is 0 Å². The number of nitrogens with zero attached hydrogens (tertiary/aromatic N) is 1. The number of rotatable bonds is 6. The minimum Gasteiger partial charge on any atom is -0.493 e. The number of methoxy groups -OCH3 is 2. The zero-order valence-electron chi connectivity index (χ0n) is 15.3. The van der Waals surface area contributed by atoms with Crippen LogP contribution in [0.4, 0.5) is 0 Å². The first-order chi connectivity index (χ1) is 12.6. The molecule has 5 nitrogen and oxygen atoms in total. The van der Waals surface area contributed by atoms with Gasteiger partial charge in [0.05, 0.1) is 19.7 Å². The van der Waals surface area contributed by atoms with Crippen molar-refractivity contribution in [3.05, 3.63) is 59.3 Å². The van der Waals surface area contributed by atoms with Gasteiger partial charge in [-0.25, -0.2) is 0 Å². The molecule has 0 aliphatic rings. The fourth-order valence-corrected chi connectivity index (χ4v) is 2.80. The van der Waals surface area contributed by atoms with E-state index >= 15 is 0 Å². The highest BCUT2D eigenvalue weighted by Crippen LogP contribution is 2.36. The van der Waals surface area contributed by atoms with E-state index in [4.69, 9.17) is 14.2 Å². The molecule has 3 rings (SSSR count). The molecule has 0 aliphatic heterocycles. The van der Waals surface area contributed by atoms with Crippen LogP contribution < -0.4 is 14.2 Å². The van der Waals surface area contributed by atoms with Gasteiger partial charge >= 0.3 is 0 Å². The second kappa shape index (κ2) is 7.44. The highest BCUT2D eigenvalue weighted by Gasteiger charge is 2.16. The van der Waals surface area contributed by atoms with Gasteiger partial charge in [0, 0.05) is 17.6 Å². The van der Waals surface area contributed by atoms with Crippen LogP contribution in [0.25, 0.3) is 10.9 Å². The molecule has 2 aromatic carbocycles. The molecule has 3 aromatic rings. The van der Waals surface area contributed by atoms with E-state index in [1.165, 1.54) is 5.56 Å². The number of benzene rings is 2. The van der Waals surface area contributed by atoms with Crippen LogP contribution in [0.15, 0.2) is 42.6 Å². The minimum absolute atomic E-state index is 0.561. The molecule has 0 spiro atoms. The summed E-state index contributed by atoms with van der Waals surface area (Å²) in [6.07, 6.45) is 1.75. The molecule has 0 aliphatic carbocycles. The lowest BCUT2D eigenvalue weighted by atomic mass is 10.0. The third-order valence-electron chi connectivity index (χ3n) is 4.44. The summed E-state index contributed by atoms with van der Waals surface area (Å²) in [6, 6.07) is 11.2. The average molecular weight is 351 g/mol. The van der Waals surface area contributed by atoms with Crippen molar-refractivity contribution in [1.29, 1.82) is 0 Å². The van der Waals surface area contributed by atoms with Crippen LogP contribution in [0.5, 0.6) is 17.2 Å². The van der Waals surface area contributed by atoms with Crippen molar-refractivity contribution in [1.82, 2.24) is 4.98 Å². The smallest absolute Gasteiger partial charge is 0.179 e. The first-order valence-corrected chi connectivity index (χ1v) is 8.27. The molecular formula is C21H21NO4. The van der Waals surface area contributed by atoms with Gasteiger partial charge in [-0.05, 0) is 42.7 Å². The third kappa shape index (κ3) is 3.33. The van der Waals surface area contributed by atoms with Gasteiger partial charge in [0.25, 0.3) is 0 Å². The molecule has 1 heterocycles. The van der Waals surface area contributed by atoms with Gasteiger partial charge in [-0.15, -0.1) is 0 Å². The molecule has 0 fully saturated rings. The van der Waals surface area contributed by atoms with Crippen molar-refractivity contribution in [2.75, 3.05) is 14.2 Å². The maximum Gasteiger partial charge on any atom is 0.179 e. The molecule has 134 valence electrons. The summed E-state index contributed by atoms with van der Waals surface area (Å²) in [5.41, 5.74) is 3.80. The van der Waals surface area contributed by atoms with Crippen LogP contribution >= 0.6 is 0 Å². The SMILES string of the molecule is COc1cc2nccc(O[C@H](C=O)c3ccc(C)c(C)c3)c2cc1OC. The fraction of sp³-hybridized carbons (Fsp3) is 0.238. The predicted octanol–water partition coefficient (Wildman–Crippen LogP) is 4.19. The predicted molar refractivity (Wildman–Crippen MR) is 100 cm³/mol. The number of aryl methyl sites for hydroxylation is 2. The Bertz CT molecular complexity index is 952. The molecule has 0 unspecified atom stereocenters. The average Bonchev–Trinajstić information content (AvgIpc) is 2.67. The van der Waals surface area contributed by atoms with Crippen molar-refractivity contribution in [2.45, 2.75) is 20.0 Å². The highest BCUT2D eigenvalue weighted by atomic mass is 16.5. The largest absolute Gasteiger partial charge is 0.493 e. The Balaban J connectivity index is 2.03. The number of pyridine rings is 1. The molecule has 0 bridgehead atoms. The van der Waals surface area contributed by atoms with Crippen LogP contribution in [0.3, 0.4) is 0 Å². The Morgan fingerprint density at radius 1 is 0.923 bits per heavy atom. The van der Waals surface area contributed by atoms with E-state index in [1.54, 1.807) is 38.6 Å². The lowest BCUT2D eigenvalue weighted by Crippen LogP contribution is -2.10. The first-order valence-electron chi connectivity index (χ1n) is 8.27. The summed E-state index contributed by atoms with van der Waals surface area (Å²) in [5, 5.41) is 0.751. The van der Waals surface area contributed by atoms with E-state index in [-0.39, 0.29) is 0 Å². The van der Waals surface area contributed by atoms with Crippen LogP contribution in [0, 0.1) is 13.8 Å². The second-order valence-corrected chi connectivity index (χ2v) is 6.05. The van der Waals surface area contributed by atoms with Gasteiger partial charge in [-0.2, -0.15) is 0 Å². The maximum atomic E-state index is 11.7. The molecule has 1 atom stereocenters. The zero-order chi connectivity index (χ0) is 18.7. The quantitative estimate of drug-likeness (QED) is 0.623. The Kier molecular flexibility index (Phi) is 5.07. The van der Waals surface area contributed by atoms with Crippen LogP contribution in [0.1, 0.15) is 22.8 Å². The molecule has 1 aromatic heterocycles. The highest BCUT2D eigenvalue weighted by molar-refractivity contribution is 5.88. The maximum absolute atomic E-state index is 11.7. The number of aldehydes is 1. The fourth-order valence-electron chi connectivity index (χ4n) is 2.80. The van der Waals surface area contributed by atoms with Gasteiger partial charge in [-0.3, -0.25) is 9.78 Å². The number of aromatic nitrogens is 1. The number of ether oxygens (including phenoxy) is 3. The van der Waals surface area contributed by atoms with E-state index in [0.29, 0.717) is 22.8 Å². The first kappa shape index (κ1) is 17.7. The molecule has 0 radical (unpaired) electrons. The summed E-state index contributed by atoms with van der Waals surface area (Å²) >= 11 is 0. The van der Waals surface area contributed by atoms with Crippen LogP contribution in [0.2, 0.25) is 0 Å². The number of fused-ring (bicyclic) bond motifs is 1. The second-order valence-electron chi connectivity index (χ2n) is 6.05. The van der Waals surface area contributed by atoms with E-state index < -0.39 is 6.10 Å². The monoisotopic (exact) mass is 351 g/mol. The Labute approximate surface area is 152 Å². The molecule has 0 amide bonds. The van der Waals surface area contributed by atoms with Crippen molar-refractivity contribution < 1.29 is 19.0 Å². The normalized spacial score (nSPS) is 11.8. The number of hydrogen-bond donors (Lipinski definition) is 0. The van der Waals surface area contributed by atoms with Crippen molar-refractivity contribution >= 4 is 17.2 Å².